The summed E-state index contributed by atoms with van der Waals surface area (Å²) in [6.45, 7) is 0. The number of hydrogen-bond acceptors (Lipinski definition) is 3. The molecule has 130 valence electrons. The molecule has 1 aliphatic carbocycles. The van der Waals surface area contributed by atoms with Gasteiger partial charge in [0.25, 0.3) is 17.4 Å². The van der Waals surface area contributed by atoms with E-state index in [1.54, 1.807) is 0 Å². The van der Waals surface area contributed by atoms with Gasteiger partial charge in [0, 0.05) is 5.69 Å². The molecule has 6 nitrogen and oxygen atoms in total. The highest BCUT2D eigenvalue weighted by Gasteiger charge is 2.26. The van der Waals surface area contributed by atoms with Gasteiger partial charge in [-0.2, -0.15) is 0 Å². The molecular formula is C17H15F2N3O3. The van der Waals surface area contributed by atoms with Gasteiger partial charge in [0.2, 0.25) is 0 Å². The van der Waals surface area contributed by atoms with Gasteiger partial charge in [-0.25, -0.2) is 8.78 Å². The van der Waals surface area contributed by atoms with Crippen molar-refractivity contribution in [3.63, 3.8) is 0 Å². The van der Waals surface area contributed by atoms with E-state index in [-0.39, 0.29) is 5.56 Å². The number of benzene rings is 1. The number of rotatable bonds is 3. The van der Waals surface area contributed by atoms with Crippen molar-refractivity contribution in [1.82, 2.24) is 10.3 Å². The third-order valence-electron chi connectivity index (χ3n) is 4.20. The molecule has 3 rings (SSSR count). The van der Waals surface area contributed by atoms with Crippen LogP contribution in [0.2, 0.25) is 0 Å². The summed E-state index contributed by atoms with van der Waals surface area (Å²) in [5.41, 5.74) is 5.11. The molecule has 0 fully saturated rings. The Morgan fingerprint density at radius 3 is 2.68 bits per heavy atom. The van der Waals surface area contributed by atoms with E-state index in [0.29, 0.717) is 30.5 Å². The van der Waals surface area contributed by atoms with Crippen LogP contribution >= 0.6 is 0 Å². The number of carbonyl (C=O) groups excluding carboxylic acids is 2. The smallest absolute Gasteiger partial charge is 0.261 e. The average Bonchev–Trinajstić information content (AvgIpc) is 2.56. The molecule has 8 heteroatoms. The number of nitrogens with two attached hydrogens (primary N) is 1. The van der Waals surface area contributed by atoms with Gasteiger partial charge in [0.15, 0.2) is 0 Å². The minimum atomic E-state index is -0.879. The van der Waals surface area contributed by atoms with Gasteiger partial charge in [-0.15, -0.1) is 0 Å². The monoisotopic (exact) mass is 347 g/mol. The Hall–Kier alpha value is -3.03. The van der Waals surface area contributed by atoms with E-state index in [2.05, 4.69) is 10.3 Å². The lowest BCUT2D eigenvalue weighted by Gasteiger charge is -2.26. The van der Waals surface area contributed by atoms with Gasteiger partial charge in [-0.1, -0.05) is 0 Å². The number of amides is 2. The molecular weight excluding hydrogens is 332 g/mol. The molecule has 2 amide bonds. The van der Waals surface area contributed by atoms with Gasteiger partial charge < -0.3 is 16.0 Å². The highest BCUT2D eigenvalue weighted by Crippen LogP contribution is 2.28. The van der Waals surface area contributed by atoms with E-state index in [0.717, 1.165) is 18.2 Å². The number of hydrogen-bond donors (Lipinski definition) is 3. The topological polar surface area (TPSA) is 105 Å². The Labute approximate surface area is 141 Å². The van der Waals surface area contributed by atoms with Gasteiger partial charge in [0.05, 0.1) is 11.6 Å². The molecule has 0 radical (unpaired) electrons. The zero-order valence-corrected chi connectivity index (χ0v) is 13.1. The van der Waals surface area contributed by atoms with Crippen LogP contribution in [0.5, 0.6) is 0 Å². The fraction of sp³-hybridized carbons (Fsp3) is 0.235. The lowest BCUT2D eigenvalue weighted by atomic mass is 9.90. The molecule has 0 aliphatic heterocycles. The number of halogens is 2. The van der Waals surface area contributed by atoms with E-state index < -0.39 is 40.6 Å². The van der Waals surface area contributed by atoms with Crippen molar-refractivity contribution in [2.24, 2.45) is 5.73 Å². The fourth-order valence-electron chi connectivity index (χ4n) is 2.98. The SMILES string of the molecule is NC(=O)c1cc2c([nH]c1=O)CCCC2NC(=O)c1cc(F)ccc1F. The summed E-state index contributed by atoms with van der Waals surface area (Å²) >= 11 is 0. The second-order valence-corrected chi connectivity index (χ2v) is 5.85. The molecule has 1 aromatic heterocycles. The van der Waals surface area contributed by atoms with Crippen molar-refractivity contribution in [2.45, 2.75) is 25.3 Å². The van der Waals surface area contributed by atoms with Crippen LogP contribution in [-0.4, -0.2) is 16.8 Å². The summed E-state index contributed by atoms with van der Waals surface area (Å²) < 4.78 is 27.0. The van der Waals surface area contributed by atoms with Crippen LogP contribution in [0.3, 0.4) is 0 Å². The van der Waals surface area contributed by atoms with E-state index in [4.69, 9.17) is 5.73 Å². The molecule has 1 unspecified atom stereocenters. The van der Waals surface area contributed by atoms with Gasteiger partial charge in [-0.05, 0) is 49.1 Å². The Bertz CT molecular complexity index is 924. The van der Waals surface area contributed by atoms with Crippen molar-refractivity contribution < 1.29 is 18.4 Å². The maximum atomic E-state index is 13.8. The summed E-state index contributed by atoms with van der Waals surface area (Å²) in [5.74, 6) is -3.22. The van der Waals surface area contributed by atoms with Crippen LogP contribution in [0.15, 0.2) is 29.1 Å². The van der Waals surface area contributed by atoms with Gasteiger partial charge in [-0.3, -0.25) is 14.4 Å². The maximum absolute atomic E-state index is 13.8. The normalized spacial score (nSPS) is 16.2. The number of H-pyrrole nitrogens is 1. The number of aryl methyl sites for hydroxylation is 1. The Kier molecular flexibility index (Phi) is 4.35. The Morgan fingerprint density at radius 1 is 1.20 bits per heavy atom. The number of nitrogens with one attached hydrogen (secondary N) is 2. The number of carbonyl (C=O) groups is 2. The first-order chi connectivity index (χ1) is 11.9. The van der Waals surface area contributed by atoms with E-state index in [1.807, 2.05) is 0 Å². The standard InChI is InChI=1S/C17H15F2N3O3/c18-8-4-5-12(19)9(6-8)16(24)21-13-2-1-3-14-10(13)7-11(15(20)23)17(25)22-14/h4-7,13H,1-3H2,(H2,20,23)(H,21,24)(H,22,25). The molecule has 1 aromatic carbocycles. The molecule has 4 N–H and O–H groups in total. The third kappa shape index (κ3) is 3.28. The van der Waals surface area contributed by atoms with Crippen LogP contribution in [0.25, 0.3) is 0 Å². The van der Waals surface area contributed by atoms with Crippen molar-refractivity contribution in [3.05, 3.63) is 68.6 Å². The number of aromatic nitrogens is 1. The first-order valence-electron chi connectivity index (χ1n) is 7.68. The van der Waals surface area contributed by atoms with Crippen LogP contribution in [-0.2, 0) is 6.42 Å². The van der Waals surface area contributed by atoms with Crippen LogP contribution in [0.1, 0.15) is 50.9 Å². The first kappa shape index (κ1) is 16.8. The van der Waals surface area contributed by atoms with Crippen molar-refractivity contribution in [3.8, 4) is 0 Å². The van der Waals surface area contributed by atoms with Gasteiger partial charge >= 0.3 is 0 Å². The lowest BCUT2D eigenvalue weighted by Crippen LogP contribution is -2.34. The van der Waals surface area contributed by atoms with Crippen molar-refractivity contribution in [2.75, 3.05) is 0 Å². The van der Waals surface area contributed by atoms with E-state index in [1.165, 1.54) is 6.07 Å². The second-order valence-electron chi connectivity index (χ2n) is 5.85. The molecule has 1 aliphatic rings. The number of pyridine rings is 1. The highest BCUT2D eigenvalue weighted by atomic mass is 19.1. The zero-order chi connectivity index (χ0) is 18.1. The van der Waals surface area contributed by atoms with Crippen LogP contribution in [0.4, 0.5) is 8.78 Å². The fourth-order valence-corrected chi connectivity index (χ4v) is 2.98. The van der Waals surface area contributed by atoms with Crippen LogP contribution < -0.4 is 16.6 Å². The second kappa shape index (κ2) is 6.46. The predicted molar refractivity (Wildman–Crippen MR) is 85.1 cm³/mol. The Balaban J connectivity index is 1.94. The molecule has 2 aromatic rings. The molecule has 1 atom stereocenters. The predicted octanol–water partition coefficient (Wildman–Crippen LogP) is 1.56. The number of aromatic amines is 1. The summed E-state index contributed by atoms with van der Waals surface area (Å²) in [7, 11) is 0. The third-order valence-corrected chi connectivity index (χ3v) is 4.20. The molecule has 0 saturated heterocycles. The molecule has 1 heterocycles. The van der Waals surface area contributed by atoms with Crippen LogP contribution in [0, 0.1) is 11.6 Å². The molecule has 0 spiro atoms. The van der Waals surface area contributed by atoms with Crippen molar-refractivity contribution in [1.29, 1.82) is 0 Å². The first-order valence-corrected chi connectivity index (χ1v) is 7.68. The minimum Gasteiger partial charge on any atom is -0.365 e. The van der Waals surface area contributed by atoms with Crippen molar-refractivity contribution >= 4 is 11.8 Å². The highest BCUT2D eigenvalue weighted by molar-refractivity contribution is 5.95. The summed E-state index contributed by atoms with van der Waals surface area (Å²) in [5, 5.41) is 2.63. The number of primary amides is 1. The quantitative estimate of drug-likeness (QED) is 0.784. The van der Waals surface area contributed by atoms with E-state index >= 15 is 0 Å². The minimum absolute atomic E-state index is 0.211. The average molecular weight is 347 g/mol. The summed E-state index contributed by atoms with van der Waals surface area (Å²) in [6, 6.07) is 3.42. The summed E-state index contributed by atoms with van der Waals surface area (Å²) in [6.07, 6.45) is 1.78. The maximum Gasteiger partial charge on any atom is 0.261 e. The van der Waals surface area contributed by atoms with E-state index in [9.17, 15) is 23.2 Å². The molecule has 25 heavy (non-hydrogen) atoms. The zero-order valence-electron chi connectivity index (χ0n) is 13.1. The summed E-state index contributed by atoms with van der Waals surface area (Å²) in [4.78, 5) is 38.1. The Morgan fingerprint density at radius 2 is 1.96 bits per heavy atom. The lowest BCUT2D eigenvalue weighted by molar-refractivity contribution is 0.0927. The van der Waals surface area contributed by atoms with Gasteiger partial charge in [0.1, 0.15) is 17.2 Å². The molecule has 0 bridgehead atoms. The largest absolute Gasteiger partial charge is 0.365 e. The number of fused-ring (bicyclic) bond motifs is 1. The molecule has 0 saturated carbocycles.